The van der Waals surface area contributed by atoms with Gasteiger partial charge in [-0.1, -0.05) is 36.4 Å². The van der Waals surface area contributed by atoms with E-state index in [9.17, 15) is 4.79 Å². The van der Waals surface area contributed by atoms with Gasteiger partial charge in [-0.3, -0.25) is 14.7 Å². The van der Waals surface area contributed by atoms with E-state index in [1.807, 2.05) is 48.8 Å². The molecule has 3 aromatic rings. The second kappa shape index (κ2) is 7.36. The first-order valence-corrected chi connectivity index (χ1v) is 10.2. The van der Waals surface area contributed by atoms with E-state index in [1.54, 1.807) is 0 Å². The maximum atomic E-state index is 12.8. The van der Waals surface area contributed by atoms with Crippen LogP contribution in [0.15, 0.2) is 67.0 Å². The lowest BCUT2D eigenvalue weighted by atomic mass is 9.96. The number of pyridine rings is 1. The lowest BCUT2D eigenvalue weighted by molar-refractivity contribution is 0.0827. The van der Waals surface area contributed by atoms with Gasteiger partial charge in [0, 0.05) is 42.6 Å². The summed E-state index contributed by atoms with van der Waals surface area (Å²) in [6.07, 6.45) is 8.33. The van der Waals surface area contributed by atoms with E-state index in [4.69, 9.17) is 0 Å². The van der Waals surface area contributed by atoms with E-state index in [1.165, 1.54) is 23.8 Å². The molecule has 0 radical (unpaired) electrons. The smallest absolute Gasteiger partial charge is 0.251 e. The molecule has 4 heteroatoms. The molecular formula is C24H25N3O. The molecule has 1 N–H and O–H groups in total. The summed E-state index contributed by atoms with van der Waals surface area (Å²) in [6.45, 7) is 0.967. The highest BCUT2D eigenvalue weighted by atomic mass is 16.1. The van der Waals surface area contributed by atoms with Crippen LogP contribution in [0.1, 0.15) is 41.6 Å². The van der Waals surface area contributed by atoms with Gasteiger partial charge in [-0.05, 0) is 60.2 Å². The number of nitrogens with zero attached hydrogens (tertiary/aromatic N) is 2. The van der Waals surface area contributed by atoms with E-state index >= 15 is 0 Å². The Kier molecular flexibility index (Phi) is 4.57. The SMILES string of the molecule is O=C(NC1CC2CCC(C1)N2Cc1cccnc1)c1ccc2ccccc2c1. The van der Waals surface area contributed by atoms with Gasteiger partial charge in [0.05, 0.1) is 0 Å². The van der Waals surface area contributed by atoms with Gasteiger partial charge in [0.25, 0.3) is 5.91 Å². The van der Waals surface area contributed by atoms with Gasteiger partial charge in [-0.2, -0.15) is 0 Å². The second-order valence-electron chi connectivity index (χ2n) is 8.12. The summed E-state index contributed by atoms with van der Waals surface area (Å²) in [5.41, 5.74) is 2.03. The molecule has 2 saturated heterocycles. The molecule has 0 spiro atoms. The number of amides is 1. The molecule has 0 saturated carbocycles. The van der Waals surface area contributed by atoms with Gasteiger partial charge in [-0.15, -0.1) is 0 Å². The van der Waals surface area contributed by atoms with Crippen LogP contribution in [-0.4, -0.2) is 33.9 Å². The van der Waals surface area contributed by atoms with Crippen LogP contribution >= 0.6 is 0 Å². The molecule has 1 amide bonds. The normalized spacial score (nSPS) is 24.4. The van der Waals surface area contributed by atoms with E-state index in [0.29, 0.717) is 12.1 Å². The number of carbonyl (C=O) groups excluding carboxylic acids is 1. The zero-order valence-corrected chi connectivity index (χ0v) is 15.9. The molecule has 4 nitrogen and oxygen atoms in total. The highest BCUT2D eigenvalue weighted by molar-refractivity contribution is 5.98. The second-order valence-corrected chi connectivity index (χ2v) is 8.12. The summed E-state index contributed by atoms with van der Waals surface area (Å²) in [5, 5.41) is 5.59. The molecule has 2 atom stereocenters. The molecule has 2 bridgehead atoms. The Labute approximate surface area is 165 Å². The monoisotopic (exact) mass is 371 g/mol. The lowest BCUT2D eigenvalue weighted by Gasteiger charge is -2.39. The first-order chi connectivity index (χ1) is 13.8. The van der Waals surface area contributed by atoms with Crippen molar-refractivity contribution < 1.29 is 4.79 Å². The van der Waals surface area contributed by atoms with Gasteiger partial charge in [0.1, 0.15) is 0 Å². The Hall–Kier alpha value is -2.72. The zero-order chi connectivity index (χ0) is 18.9. The van der Waals surface area contributed by atoms with Crippen LogP contribution in [0.2, 0.25) is 0 Å². The number of rotatable bonds is 4. The third-order valence-corrected chi connectivity index (χ3v) is 6.32. The third-order valence-electron chi connectivity index (χ3n) is 6.32. The van der Waals surface area contributed by atoms with Crippen molar-refractivity contribution in [2.45, 2.75) is 50.4 Å². The quantitative estimate of drug-likeness (QED) is 0.749. The summed E-state index contributed by atoms with van der Waals surface area (Å²) in [4.78, 5) is 19.7. The minimum Gasteiger partial charge on any atom is -0.349 e. The molecule has 3 heterocycles. The fraction of sp³-hybridized carbons (Fsp3) is 0.333. The Morgan fingerprint density at radius 2 is 1.79 bits per heavy atom. The van der Waals surface area contributed by atoms with Crippen molar-refractivity contribution in [2.24, 2.45) is 0 Å². The van der Waals surface area contributed by atoms with E-state index < -0.39 is 0 Å². The van der Waals surface area contributed by atoms with E-state index in [-0.39, 0.29) is 11.9 Å². The molecule has 5 rings (SSSR count). The fourth-order valence-electron chi connectivity index (χ4n) is 4.95. The molecule has 2 fully saturated rings. The molecule has 1 aromatic heterocycles. The fourth-order valence-corrected chi connectivity index (χ4v) is 4.95. The Bertz CT molecular complexity index is 973. The van der Waals surface area contributed by atoms with Gasteiger partial charge < -0.3 is 5.32 Å². The van der Waals surface area contributed by atoms with Crippen LogP contribution < -0.4 is 5.32 Å². The summed E-state index contributed by atoms with van der Waals surface area (Å²) in [6, 6.07) is 19.7. The molecular weight excluding hydrogens is 346 g/mol. The van der Waals surface area contributed by atoms with Crippen molar-refractivity contribution in [1.82, 2.24) is 15.2 Å². The van der Waals surface area contributed by atoms with Crippen molar-refractivity contribution >= 4 is 16.7 Å². The first kappa shape index (κ1) is 17.4. The predicted octanol–water partition coefficient (Wildman–Crippen LogP) is 4.16. The van der Waals surface area contributed by atoms with Gasteiger partial charge in [-0.25, -0.2) is 0 Å². The number of hydrogen-bond acceptors (Lipinski definition) is 3. The van der Waals surface area contributed by atoms with Gasteiger partial charge >= 0.3 is 0 Å². The molecule has 2 aliphatic rings. The number of hydrogen-bond donors (Lipinski definition) is 1. The van der Waals surface area contributed by atoms with Crippen molar-refractivity contribution in [3.05, 3.63) is 78.1 Å². The van der Waals surface area contributed by atoms with Crippen LogP contribution in [0, 0.1) is 0 Å². The summed E-state index contributed by atoms with van der Waals surface area (Å²) in [7, 11) is 0. The van der Waals surface area contributed by atoms with Crippen molar-refractivity contribution in [1.29, 1.82) is 0 Å². The van der Waals surface area contributed by atoms with Gasteiger partial charge in [0.2, 0.25) is 0 Å². The topological polar surface area (TPSA) is 45.2 Å². The van der Waals surface area contributed by atoms with Crippen molar-refractivity contribution in [3.63, 3.8) is 0 Å². The Morgan fingerprint density at radius 3 is 2.54 bits per heavy atom. The minimum absolute atomic E-state index is 0.0517. The zero-order valence-electron chi connectivity index (χ0n) is 15.9. The molecule has 2 unspecified atom stereocenters. The number of carbonyl (C=O) groups is 1. The highest BCUT2D eigenvalue weighted by Gasteiger charge is 2.40. The van der Waals surface area contributed by atoms with Gasteiger partial charge in [0.15, 0.2) is 0 Å². The maximum absolute atomic E-state index is 12.8. The summed E-state index contributed by atoms with van der Waals surface area (Å²) in [5.74, 6) is 0.0517. The van der Waals surface area contributed by atoms with E-state index in [0.717, 1.165) is 30.3 Å². The molecule has 28 heavy (non-hydrogen) atoms. The van der Waals surface area contributed by atoms with Crippen LogP contribution in [0.4, 0.5) is 0 Å². The van der Waals surface area contributed by atoms with Crippen LogP contribution in [0.5, 0.6) is 0 Å². The number of fused-ring (bicyclic) bond motifs is 3. The largest absolute Gasteiger partial charge is 0.349 e. The average Bonchev–Trinajstić information content (AvgIpc) is 2.96. The average molecular weight is 371 g/mol. The first-order valence-electron chi connectivity index (χ1n) is 10.2. The van der Waals surface area contributed by atoms with Crippen LogP contribution in [0.25, 0.3) is 10.8 Å². The molecule has 2 aromatic carbocycles. The van der Waals surface area contributed by atoms with Crippen molar-refractivity contribution in [3.8, 4) is 0 Å². The van der Waals surface area contributed by atoms with Crippen LogP contribution in [0.3, 0.4) is 0 Å². The standard InChI is InChI=1S/C24H25N3O/c28-24(20-8-7-18-5-1-2-6-19(18)12-20)26-21-13-22-9-10-23(14-21)27(22)16-17-4-3-11-25-15-17/h1-8,11-12,15,21-23H,9-10,13-14,16H2,(H,26,28). The number of piperidine rings is 1. The number of benzene rings is 2. The third kappa shape index (κ3) is 3.40. The molecule has 0 aliphatic carbocycles. The Morgan fingerprint density at radius 1 is 1.00 bits per heavy atom. The number of nitrogens with one attached hydrogen (secondary N) is 1. The summed E-state index contributed by atoms with van der Waals surface area (Å²) >= 11 is 0. The predicted molar refractivity (Wildman–Crippen MR) is 111 cm³/mol. The van der Waals surface area contributed by atoms with Crippen molar-refractivity contribution in [2.75, 3.05) is 0 Å². The molecule has 142 valence electrons. The maximum Gasteiger partial charge on any atom is 0.251 e. The number of aromatic nitrogens is 1. The minimum atomic E-state index is 0.0517. The van der Waals surface area contributed by atoms with Crippen LogP contribution in [-0.2, 0) is 6.54 Å². The lowest BCUT2D eigenvalue weighted by Crippen LogP contribution is -2.50. The Balaban J connectivity index is 1.25. The highest BCUT2D eigenvalue weighted by Crippen LogP contribution is 2.36. The summed E-state index contributed by atoms with van der Waals surface area (Å²) < 4.78 is 0. The van der Waals surface area contributed by atoms with E-state index in [2.05, 4.69) is 33.4 Å². The molecule has 2 aliphatic heterocycles.